The summed E-state index contributed by atoms with van der Waals surface area (Å²) in [5.74, 6) is 2.07. The molecule has 21 heavy (non-hydrogen) atoms. The molecular formula is C15H22N2O3S. The van der Waals surface area contributed by atoms with E-state index in [2.05, 4.69) is 5.10 Å². The van der Waals surface area contributed by atoms with Crippen LogP contribution in [0.3, 0.4) is 0 Å². The van der Waals surface area contributed by atoms with Crippen molar-refractivity contribution in [2.45, 2.75) is 44.2 Å². The zero-order valence-corrected chi connectivity index (χ0v) is 13.2. The third-order valence-electron chi connectivity index (χ3n) is 4.36. The van der Waals surface area contributed by atoms with Gasteiger partial charge in [-0.25, -0.2) is 4.79 Å². The molecule has 2 saturated heterocycles. The number of hydrogen-bond acceptors (Lipinski definition) is 5. The number of carbonyl (C=O) groups excluding carboxylic acids is 1. The molecule has 116 valence electrons. The first-order valence-electron chi connectivity index (χ1n) is 7.65. The van der Waals surface area contributed by atoms with Crippen LogP contribution in [0.4, 0.5) is 0 Å². The van der Waals surface area contributed by atoms with E-state index in [0.717, 1.165) is 32.3 Å². The van der Waals surface area contributed by atoms with Crippen molar-refractivity contribution in [1.82, 2.24) is 9.78 Å². The second kappa shape index (κ2) is 6.40. The Bertz CT molecular complexity index is 491. The van der Waals surface area contributed by atoms with E-state index in [1.807, 2.05) is 29.6 Å². The third kappa shape index (κ3) is 3.26. The van der Waals surface area contributed by atoms with Crippen LogP contribution in [0.5, 0.6) is 0 Å². The number of carbonyl (C=O) groups is 1. The van der Waals surface area contributed by atoms with E-state index in [9.17, 15) is 4.79 Å². The molecule has 3 heterocycles. The quantitative estimate of drug-likeness (QED) is 0.803. The smallest absolute Gasteiger partial charge is 0.341 e. The van der Waals surface area contributed by atoms with Crippen molar-refractivity contribution in [3.8, 4) is 0 Å². The summed E-state index contributed by atoms with van der Waals surface area (Å²) in [6.45, 7) is 2.98. The van der Waals surface area contributed by atoms with Gasteiger partial charge >= 0.3 is 5.97 Å². The Kier molecular flexibility index (Phi) is 4.54. The van der Waals surface area contributed by atoms with E-state index in [1.165, 1.54) is 11.5 Å². The Balaban J connectivity index is 1.70. The average molecular weight is 310 g/mol. The van der Waals surface area contributed by atoms with E-state index in [0.29, 0.717) is 18.2 Å². The van der Waals surface area contributed by atoms with Crippen LogP contribution in [-0.4, -0.2) is 46.1 Å². The lowest BCUT2D eigenvalue weighted by Gasteiger charge is -2.43. The van der Waals surface area contributed by atoms with E-state index in [1.54, 1.807) is 6.20 Å². The highest BCUT2D eigenvalue weighted by Gasteiger charge is 2.39. The van der Waals surface area contributed by atoms with E-state index < -0.39 is 0 Å². The van der Waals surface area contributed by atoms with Crippen LogP contribution in [0.2, 0.25) is 0 Å². The van der Waals surface area contributed by atoms with Gasteiger partial charge in [0.2, 0.25) is 0 Å². The van der Waals surface area contributed by atoms with E-state index in [4.69, 9.17) is 9.47 Å². The SMILES string of the molecule is CCOC(=O)c1cnn(C2CCOC3(CCSCC3)C2)c1. The van der Waals surface area contributed by atoms with Gasteiger partial charge in [-0.05, 0) is 44.1 Å². The fourth-order valence-corrected chi connectivity index (χ4v) is 4.41. The number of hydrogen-bond donors (Lipinski definition) is 0. The minimum Gasteiger partial charge on any atom is -0.462 e. The van der Waals surface area contributed by atoms with Gasteiger partial charge in [0.25, 0.3) is 0 Å². The first-order valence-corrected chi connectivity index (χ1v) is 8.81. The maximum Gasteiger partial charge on any atom is 0.341 e. The minimum atomic E-state index is -0.292. The molecule has 6 heteroatoms. The lowest BCUT2D eigenvalue weighted by molar-refractivity contribution is -0.100. The van der Waals surface area contributed by atoms with Crippen molar-refractivity contribution >= 4 is 17.7 Å². The molecule has 0 N–H and O–H groups in total. The second-order valence-electron chi connectivity index (χ2n) is 5.72. The first-order chi connectivity index (χ1) is 10.2. The standard InChI is InChI=1S/C15H22N2O3S/c1-2-19-14(18)12-10-16-17(11-12)13-3-6-20-15(9-13)4-7-21-8-5-15/h10-11,13H,2-9H2,1H3. The van der Waals surface area contributed by atoms with Gasteiger partial charge in [0.1, 0.15) is 0 Å². The summed E-state index contributed by atoms with van der Waals surface area (Å²) in [6, 6.07) is 0.324. The Labute approximate surface area is 129 Å². The highest BCUT2D eigenvalue weighted by Crippen LogP contribution is 2.41. The molecule has 3 rings (SSSR count). The van der Waals surface area contributed by atoms with Crippen molar-refractivity contribution in [2.24, 2.45) is 0 Å². The lowest BCUT2D eigenvalue weighted by Crippen LogP contribution is -2.43. The Morgan fingerprint density at radius 1 is 1.57 bits per heavy atom. The van der Waals surface area contributed by atoms with Gasteiger partial charge in [0.15, 0.2) is 0 Å². The van der Waals surface area contributed by atoms with Crippen LogP contribution >= 0.6 is 11.8 Å². The summed E-state index contributed by atoms with van der Waals surface area (Å²) in [4.78, 5) is 11.7. The Morgan fingerprint density at radius 2 is 2.38 bits per heavy atom. The summed E-state index contributed by atoms with van der Waals surface area (Å²) in [7, 11) is 0. The molecule has 1 atom stereocenters. The fraction of sp³-hybridized carbons (Fsp3) is 0.733. The summed E-state index contributed by atoms with van der Waals surface area (Å²) < 4.78 is 13.1. The van der Waals surface area contributed by atoms with E-state index in [-0.39, 0.29) is 11.6 Å². The summed E-state index contributed by atoms with van der Waals surface area (Å²) in [6.07, 6.45) is 7.63. The topological polar surface area (TPSA) is 53.3 Å². The number of nitrogens with zero attached hydrogens (tertiary/aromatic N) is 2. The average Bonchev–Trinajstić information content (AvgIpc) is 2.98. The molecular weight excluding hydrogens is 288 g/mol. The molecule has 0 aliphatic carbocycles. The summed E-state index contributed by atoms with van der Waals surface area (Å²) >= 11 is 2.01. The van der Waals surface area contributed by atoms with Crippen molar-refractivity contribution in [2.75, 3.05) is 24.7 Å². The van der Waals surface area contributed by atoms with Gasteiger partial charge in [-0.3, -0.25) is 4.68 Å². The molecule has 0 saturated carbocycles. The Hall–Kier alpha value is -1.01. The van der Waals surface area contributed by atoms with Crippen LogP contribution in [0, 0.1) is 0 Å². The molecule has 0 amide bonds. The second-order valence-corrected chi connectivity index (χ2v) is 6.94. The highest BCUT2D eigenvalue weighted by molar-refractivity contribution is 7.99. The molecule has 5 nitrogen and oxygen atoms in total. The number of esters is 1. The zero-order valence-electron chi connectivity index (χ0n) is 12.4. The van der Waals surface area contributed by atoms with Gasteiger partial charge in [0.05, 0.1) is 30.0 Å². The molecule has 2 aliphatic rings. The molecule has 0 aromatic carbocycles. The number of aromatic nitrogens is 2. The molecule has 1 unspecified atom stereocenters. The number of rotatable bonds is 3. The van der Waals surface area contributed by atoms with Gasteiger partial charge in [-0.15, -0.1) is 0 Å². The zero-order chi connectivity index (χ0) is 14.7. The largest absolute Gasteiger partial charge is 0.462 e. The summed E-state index contributed by atoms with van der Waals surface area (Å²) in [5.41, 5.74) is 0.570. The van der Waals surface area contributed by atoms with Crippen LogP contribution in [0.15, 0.2) is 12.4 Å². The van der Waals surface area contributed by atoms with Crippen molar-refractivity contribution < 1.29 is 14.3 Å². The molecule has 1 spiro atoms. The summed E-state index contributed by atoms with van der Waals surface area (Å²) in [5, 5.41) is 4.38. The van der Waals surface area contributed by atoms with Crippen LogP contribution in [0.1, 0.15) is 49.0 Å². The van der Waals surface area contributed by atoms with Crippen molar-refractivity contribution in [1.29, 1.82) is 0 Å². The monoisotopic (exact) mass is 310 g/mol. The van der Waals surface area contributed by atoms with Crippen LogP contribution in [-0.2, 0) is 9.47 Å². The minimum absolute atomic E-state index is 0.0320. The number of ether oxygens (including phenoxy) is 2. The van der Waals surface area contributed by atoms with Crippen LogP contribution < -0.4 is 0 Å². The van der Waals surface area contributed by atoms with Crippen molar-refractivity contribution in [3.63, 3.8) is 0 Å². The molecule has 1 aromatic heterocycles. The highest BCUT2D eigenvalue weighted by atomic mass is 32.2. The molecule has 0 bridgehead atoms. The van der Waals surface area contributed by atoms with Crippen LogP contribution in [0.25, 0.3) is 0 Å². The van der Waals surface area contributed by atoms with Gasteiger partial charge in [-0.1, -0.05) is 0 Å². The predicted molar refractivity (Wildman–Crippen MR) is 81.7 cm³/mol. The van der Waals surface area contributed by atoms with Gasteiger partial charge in [-0.2, -0.15) is 16.9 Å². The normalized spacial score (nSPS) is 24.9. The third-order valence-corrected chi connectivity index (χ3v) is 5.34. The lowest BCUT2D eigenvalue weighted by atomic mass is 9.85. The first kappa shape index (κ1) is 14.9. The predicted octanol–water partition coefficient (Wildman–Crippen LogP) is 2.68. The maximum atomic E-state index is 11.7. The molecule has 2 fully saturated rings. The Morgan fingerprint density at radius 3 is 3.14 bits per heavy atom. The maximum absolute atomic E-state index is 11.7. The number of thioether (sulfide) groups is 1. The van der Waals surface area contributed by atoms with E-state index >= 15 is 0 Å². The molecule has 1 aromatic rings. The fourth-order valence-electron chi connectivity index (χ4n) is 3.18. The molecule has 0 radical (unpaired) electrons. The molecule has 2 aliphatic heterocycles. The van der Waals surface area contributed by atoms with Gasteiger partial charge in [0, 0.05) is 12.8 Å². The van der Waals surface area contributed by atoms with Gasteiger partial charge < -0.3 is 9.47 Å². The van der Waals surface area contributed by atoms with Crippen molar-refractivity contribution in [3.05, 3.63) is 18.0 Å².